The lowest BCUT2D eigenvalue weighted by Crippen LogP contribution is -1.86. The minimum atomic E-state index is 0.701. The third-order valence-electron chi connectivity index (χ3n) is 2.90. The summed E-state index contributed by atoms with van der Waals surface area (Å²) in [5, 5.41) is 11.8. The third kappa shape index (κ3) is 2.16. The van der Waals surface area contributed by atoms with E-state index in [1.165, 1.54) is 11.3 Å². The van der Waals surface area contributed by atoms with Gasteiger partial charge in [-0.25, -0.2) is 4.98 Å². The molecule has 0 fully saturated rings. The van der Waals surface area contributed by atoms with Crippen molar-refractivity contribution in [3.8, 4) is 23.1 Å². The molecule has 0 atom stereocenters. The van der Waals surface area contributed by atoms with Gasteiger partial charge in [-0.2, -0.15) is 5.26 Å². The average molecular weight is 266 g/mol. The van der Waals surface area contributed by atoms with Crippen molar-refractivity contribution in [3.05, 3.63) is 46.7 Å². The van der Waals surface area contributed by atoms with Crippen LogP contribution in [-0.2, 0) is 0 Å². The summed E-state index contributed by atoms with van der Waals surface area (Å²) in [6.45, 7) is 0. The summed E-state index contributed by atoms with van der Waals surface area (Å²) in [4.78, 5) is 5.31. The number of pyridine rings is 1. The zero-order chi connectivity index (χ0) is 13.2. The first kappa shape index (κ1) is 11.7. The third-order valence-corrected chi connectivity index (χ3v) is 3.74. The van der Waals surface area contributed by atoms with Crippen LogP contribution < -0.4 is 4.74 Å². The molecule has 2 heterocycles. The molecule has 0 saturated heterocycles. The maximum absolute atomic E-state index is 8.85. The number of nitrogens with zero attached hydrogens (tertiary/aromatic N) is 2. The van der Waals surface area contributed by atoms with Crippen LogP contribution in [0.15, 0.2) is 41.8 Å². The molecule has 92 valence electrons. The number of thiophene rings is 1. The van der Waals surface area contributed by atoms with E-state index in [0.29, 0.717) is 4.88 Å². The second kappa shape index (κ2) is 4.71. The highest BCUT2D eigenvalue weighted by Crippen LogP contribution is 2.27. The zero-order valence-electron chi connectivity index (χ0n) is 10.3. The maximum atomic E-state index is 8.85. The molecule has 0 spiro atoms. The molecular weight excluding hydrogens is 256 g/mol. The highest BCUT2D eigenvalue weighted by Gasteiger charge is 2.05. The number of nitriles is 1. The fourth-order valence-corrected chi connectivity index (χ4v) is 2.61. The molecule has 0 unspecified atom stereocenters. The quantitative estimate of drug-likeness (QED) is 0.708. The van der Waals surface area contributed by atoms with Crippen molar-refractivity contribution in [2.24, 2.45) is 0 Å². The number of ether oxygens (including phenoxy) is 1. The second-order valence-electron chi connectivity index (χ2n) is 4.07. The molecule has 3 aromatic rings. The Bertz CT molecular complexity index is 786. The molecule has 1 aromatic carbocycles. The van der Waals surface area contributed by atoms with Gasteiger partial charge in [0.1, 0.15) is 16.7 Å². The van der Waals surface area contributed by atoms with E-state index in [4.69, 9.17) is 10.00 Å². The van der Waals surface area contributed by atoms with Crippen LogP contribution in [0.2, 0.25) is 0 Å². The zero-order valence-corrected chi connectivity index (χ0v) is 11.1. The summed E-state index contributed by atoms with van der Waals surface area (Å²) < 4.78 is 5.19. The molecule has 0 amide bonds. The Labute approximate surface area is 114 Å². The number of hydrogen-bond acceptors (Lipinski definition) is 4. The molecular formula is C15H10N2OS. The van der Waals surface area contributed by atoms with Crippen molar-refractivity contribution in [2.75, 3.05) is 7.11 Å². The van der Waals surface area contributed by atoms with Gasteiger partial charge in [0.2, 0.25) is 0 Å². The van der Waals surface area contributed by atoms with Gasteiger partial charge < -0.3 is 4.74 Å². The number of fused-ring (bicyclic) bond motifs is 1. The van der Waals surface area contributed by atoms with Crippen LogP contribution in [0.1, 0.15) is 4.88 Å². The van der Waals surface area contributed by atoms with Crippen LogP contribution in [0.25, 0.3) is 22.2 Å². The molecule has 0 aliphatic carbocycles. The van der Waals surface area contributed by atoms with E-state index < -0.39 is 0 Å². The van der Waals surface area contributed by atoms with Crippen LogP contribution in [-0.4, -0.2) is 12.1 Å². The molecule has 19 heavy (non-hydrogen) atoms. The Morgan fingerprint density at radius 1 is 1.21 bits per heavy atom. The van der Waals surface area contributed by atoms with E-state index in [9.17, 15) is 0 Å². The fourth-order valence-electron chi connectivity index (χ4n) is 1.92. The smallest absolute Gasteiger partial charge is 0.119 e. The van der Waals surface area contributed by atoms with Gasteiger partial charge in [-0.05, 0) is 30.3 Å². The predicted octanol–water partition coefficient (Wildman–Crippen LogP) is 3.84. The van der Waals surface area contributed by atoms with Crippen LogP contribution >= 0.6 is 11.3 Å². The van der Waals surface area contributed by atoms with E-state index in [2.05, 4.69) is 11.1 Å². The lowest BCUT2D eigenvalue weighted by molar-refractivity contribution is 0.415. The molecule has 4 heteroatoms. The number of benzene rings is 1. The number of hydrogen-bond donors (Lipinski definition) is 0. The molecule has 0 saturated carbocycles. The van der Waals surface area contributed by atoms with Crippen LogP contribution in [0, 0.1) is 11.3 Å². The molecule has 3 rings (SSSR count). The molecule has 0 bridgehead atoms. The van der Waals surface area contributed by atoms with Gasteiger partial charge in [-0.3, -0.25) is 0 Å². The van der Waals surface area contributed by atoms with E-state index in [0.717, 1.165) is 27.9 Å². The van der Waals surface area contributed by atoms with E-state index >= 15 is 0 Å². The molecule has 0 radical (unpaired) electrons. The summed E-state index contributed by atoms with van der Waals surface area (Å²) >= 11 is 1.43. The first-order valence-corrected chi connectivity index (χ1v) is 6.62. The first-order chi connectivity index (χ1) is 9.30. The topological polar surface area (TPSA) is 45.9 Å². The van der Waals surface area contributed by atoms with Gasteiger partial charge >= 0.3 is 0 Å². The number of methoxy groups -OCH3 is 1. The highest BCUT2D eigenvalue weighted by atomic mass is 32.1. The fraction of sp³-hybridized carbons (Fsp3) is 0.0667. The lowest BCUT2D eigenvalue weighted by Gasteiger charge is -2.03. The van der Waals surface area contributed by atoms with Crippen molar-refractivity contribution in [1.82, 2.24) is 4.98 Å². The van der Waals surface area contributed by atoms with Crippen molar-refractivity contribution in [1.29, 1.82) is 5.26 Å². The molecule has 0 aliphatic rings. The van der Waals surface area contributed by atoms with Crippen LogP contribution in [0.4, 0.5) is 0 Å². The Morgan fingerprint density at radius 3 is 2.84 bits per heavy atom. The predicted molar refractivity (Wildman–Crippen MR) is 76.3 cm³/mol. The van der Waals surface area contributed by atoms with E-state index in [-0.39, 0.29) is 0 Å². The van der Waals surface area contributed by atoms with Crippen molar-refractivity contribution < 1.29 is 4.74 Å². The largest absolute Gasteiger partial charge is 0.497 e. The monoisotopic (exact) mass is 266 g/mol. The molecule has 0 aliphatic heterocycles. The van der Waals surface area contributed by atoms with E-state index in [1.54, 1.807) is 7.11 Å². The Morgan fingerprint density at radius 2 is 2.11 bits per heavy atom. The van der Waals surface area contributed by atoms with E-state index in [1.807, 2.05) is 41.8 Å². The summed E-state index contributed by atoms with van der Waals surface area (Å²) in [5.41, 5.74) is 2.79. The van der Waals surface area contributed by atoms with Crippen LogP contribution in [0.3, 0.4) is 0 Å². The highest BCUT2D eigenvalue weighted by molar-refractivity contribution is 7.10. The van der Waals surface area contributed by atoms with Crippen molar-refractivity contribution >= 4 is 22.2 Å². The number of rotatable bonds is 2. The Hall–Kier alpha value is -2.38. The van der Waals surface area contributed by atoms with Gasteiger partial charge in [0, 0.05) is 16.3 Å². The number of aromatic nitrogens is 1. The second-order valence-corrected chi connectivity index (χ2v) is 4.98. The normalized spacial score (nSPS) is 10.3. The summed E-state index contributed by atoms with van der Waals surface area (Å²) in [7, 11) is 1.65. The average Bonchev–Trinajstić information content (AvgIpc) is 2.95. The Kier molecular flexibility index (Phi) is 2.90. The lowest BCUT2D eigenvalue weighted by atomic mass is 10.1. The maximum Gasteiger partial charge on any atom is 0.119 e. The Balaban J connectivity index is 2.09. The van der Waals surface area contributed by atoms with Gasteiger partial charge in [-0.15, -0.1) is 11.3 Å². The molecule has 3 nitrogen and oxygen atoms in total. The van der Waals surface area contributed by atoms with Crippen molar-refractivity contribution in [2.45, 2.75) is 0 Å². The minimum Gasteiger partial charge on any atom is -0.497 e. The van der Waals surface area contributed by atoms with Crippen LogP contribution in [0.5, 0.6) is 5.75 Å². The van der Waals surface area contributed by atoms with Gasteiger partial charge in [0.25, 0.3) is 0 Å². The standard InChI is InChI=1S/C15H10N2OS/c1-18-12-3-5-14-10(6-12)2-4-15(17-14)11-7-13(8-16)19-9-11/h2-7,9H,1H3. The molecule has 0 N–H and O–H groups in total. The van der Waals surface area contributed by atoms with Gasteiger partial charge in [-0.1, -0.05) is 6.07 Å². The van der Waals surface area contributed by atoms with Gasteiger partial charge in [0.05, 0.1) is 18.3 Å². The first-order valence-electron chi connectivity index (χ1n) is 5.74. The minimum absolute atomic E-state index is 0.701. The van der Waals surface area contributed by atoms with Gasteiger partial charge in [0.15, 0.2) is 0 Å². The summed E-state index contributed by atoms with van der Waals surface area (Å²) in [6, 6.07) is 13.8. The molecule has 2 aromatic heterocycles. The van der Waals surface area contributed by atoms with Crippen molar-refractivity contribution in [3.63, 3.8) is 0 Å². The SMILES string of the molecule is COc1ccc2nc(-c3csc(C#N)c3)ccc2c1. The summed E-state index contributed by atoms with van der Waals surface area (Å²) in [5.74, 6) is 0.823. The summed E-state index contributed by atoms with van der Waals surface area (Å²) in [6.07, 6.45) is 0.